The van der Waals surface area contributed by atoms with Gasteiger partial charge in [-0.25, -0.2) is 0 Å². The highest BCUT2D eigenvalue weighted by Crippen LogP contribution is 2.26. The van der Waals surface area contributed by atoms with Crippen molar-refractivity contribution in [3.63, 3.8) is 0 Å². The first-order chi connectivity index (χ1) is 14.1. The Kier molecular flexibility index (Phi) is 7.16. The van der Waals surface area contributed by atoms with Gasteiger partial charge in [0.05, 0.1) is 4.91 Å². The largest absolute Gasteiger partial charge is 0.457 e. The maximum absolute atomic E-state index is 12.9. The third kappa shape index (κ3) is 5.53. The van der Waals surface area contributed by atoms with E-state index in [2.05, 4.69) is 0 Å². The summed E-state index contributed by atoms with van der Waals surface area (Å²) in [6, 6.07) is 20.5. The van der Waals surface area contributed by atoms with Gasteiger partial charge in [0.25, 0.3) is 5.91 Å². The van der Waals surface area contributed by atoms with Gasteiger partial charge in [0.2, 0.25) is 0 Å². The van der Waals surface area contributed by atoms with Crippen LogP contribution in [0.2, 0.25) is 0 Å². The molecule has 3 rings (SSSR count). The number of benzene rings is 2. The Morgan fingerprint density at radius 1 is 1.07 bits per heavy atom. The molecule has 1 aromatic heterocycles. The minimum atomic E-state index is -0.131. The highest BCUT2D eigenvalue weighted by atomic mass is 32.2. The lowest BCUT2D eigenvalue weighted by atomic mass is 10.1. The van der Waals surface area contributed by atoms with E-state index < -0.39 is 0 Å². The van der Waals surface area contributed by atoms with Crippen molar-refractivity contribution in [1.82, 2.24) is 4.90 Å². The highest BCUT2D eigenvalue weighted by molar-refractivity contribution is 8.24. The normalized spacial score (nSPS) is 11.1. The van der Waals surface area contributed by atoms with E-state index in [1.807, 2.05) is 48.5 Å². The fraction of sp³-hybridized carbons (Fsp3) is 0.0870. The Hall–Kier alpha value is -2.96. The second kappa shape index (κ2) is 10.0. The molecule has 0 radical (unpaired) electrons. The number of hydrogen-bond acceptors (Lipinski definition) is 5. The summed E-state index contributed by atoms with van der Waals surface area (Å²) in [5.74, 6) is 1.08. The zero-order valence-electron chi connectivity index (χ0n) is 15.8. The number of likely N-dealkylation sites (N-methyl/N-ethyl adjacent to an activating group) is 1. The third-order valence-corrected chi connectivity index (χ3v) is 5.16. The summed E-state index contributed by atoms with van der Waals surface area (Å²) < 4.78 is 7.33. The SMILES string of the molecule is CN(Cc1ccccc1)C(=O)/C(=C\c1ccc(-c2ccc(C=O)cc2)o1)SC=S. The van der Waals surface area contributed by atoms with E-state index in [1.165, 1.54) is 16.5 Å². The van der Waals surface area contributed by atoms with Crippen molar-refractivity contribution < 1.29 is 14.0 Å². The Labute approximate surface area is 179 Å². The molecule has 0 saturated carbocycles. The molecule has 146 valence electrons. The Bertz CT molecular complexity index is 1020. The molecular formula is C23H19NO3S2. The lowest BCUT2D eigenvalue weighted by molar-refractivity contribution is -0.125. The van der Waals surface area contributed by atoms with Crippen molar-refractivity contribution >= 4 is 46.9 Å². The van der Waals surface area contributed by atoms with E-state index in [0.29, 0.717) is 28.5 Å². The first-order valence-electron chi connectivity index (χ1n) is 8.87. The second-order valence-corrected chi connectivity index (χ2v) is 7.76. The van der Waals surface area contributed by atoms with Gasteiger partial charge >= 0.3 is 0 Å². The molecule has 3 aromatic rings. The molecule has 0 spiro atoms. The van der Waals surface area contributed by atoms with Gasteiger partial charge in [-0.15, -0.1) is 0 Å². The summed E-state index contributed by atoms with van der Waals surface area (Å²) in [6.45, 7) is 0.501. The van der Waals surface area contributed by atoms with Crippen LogP contribution < -0.4 is 0 Å². The van der Waals surface area contributed by atoms with Crippen molar-refractivity contribution in [3.05, 3.63) is 88.5 Å². The van der Waals surface area contributed by atoms with Crippen LogP contribution in [0.3, 0.4) is 0 Å². The molecule has 0 atom stereocenters. The molecule has 1 heterocycles. The number of thioether (sulfide) groups is 1. The number of carbonyl (C=O) groups is 2. The Balaban J connectivity index is 1.79. The van der Waals surface area contributed by atoms with Crippen LogP contribution >= 0.6 is 24.0 Å². The highest BCUT2D eigenvalue weighted by Gasteiger charge is 2.16. The van der Waals surface area contributed by atoms with Gasteiger partial charge < -0.3 is 9.32 Å². The summed E-state index contributed by atoms with van der Waals surface area (Å²) >= 11 is 6.14. The van der Waals surface area contributed by atoms with Gasteiger partial charge in [-0.2, -0.15) is 0 Å². The van der Waals surface area contributed by atoms with Crippen molar-refractivity contribution in [2.75, 3.05) is 7.05 Å². The summed E-state index contributed by atoms with van der Waals surface area (Å²) in [7, 11) is 1.76. The molecule has 4 nitrogen and oxygen atoms in total. The first kappa shape index (κ1) is 20.8. The Morgan fingerprint density at radius 3 is 2.45 bits per heavy atom. The predicted octanol–water partition coefficient (Wildman–Crippen LogP) is 5.45. The summed E-state index contributed by atoms with van der Waals surface area (Å²) in [6.07, 6.45) is 2.49. The van der Waals surface area contributed by atoms with Crippen molar-refractivity contribution in [3.8, 4) is 11.3 Å². The van der Waals surface area contributed by atoms with Crippen LogP contribution in [0.15, 0.2) is 76.1 Å². The molecule has 0 fully saturated rings. The number of thiocarbonyl (C=S) groups is 1. The molecule has 0 unspecified atom stereocenters. The summed E-state index contributed by atoms with van der Waals surface area (Å²) in [4.78, 5) is 25.8. The molecule has 0 bridgehead atoms. The van der Waals surface area contributed by atoms with Crippen LogP contribution in [0.5, 0.6) is 0 Å². The standard InChI is InChI=1S/C23H19NO3S2/c1-24(14-17-5-3-2-4-6-17)23(26)22(29-16-28)13-20-11-12-21(27-20)19-9-7-18(15-25)8-10-19/h2-13,15-16H,14H2,1H3/b22-13+. The zero-order valence-corrected chi connectivity index (χ0v) is 17.4. The fourth-order valence-corrected chi connectivity index (χ4v) is 3.61. The van der Waals surface area contributed by atoms with Gasteiger partial charge in [0.1, 0.15) is 17.8 Å². The topological polar surface area (TPSA) is 50.5 Å². The molecule has 0 aliphatic heterocycles. The maximum atomic E-state index is 12.9. The molecule has 2 aromatic carbocycles. The van der Waals surface area contributed by atoms with Gasteiger partial charge in [-0.05, 0) is 17.7 Å². The van der Waals surface area contributed by atoms with Crippen LogP contribution in [0.1, 0.15) is 21.7 Å². The average molecular weight is 422 g/mol. The van der Waals surface area contributed by atoms with Crippen LogP contribution in [0.25, 0.3) is 17.4 Å². The quantitative estimate of drug-likeness (QED) is 0.275. The molecular weight excluding hydrogens is 402 g/mol. The van der Waals surface area contributed by atoms with Crippen molar-refractivity contribution in [1.29, 1.82) is 0 Å². The van der Waals surface area contributed by atoms with Gasteiger partial charge in [-0.1, -0.05) is 78.6 Å². The smallest absolute Gasteiger partial charge is 0.260 e. The molecule has 0 saturated heterocycles. The van der Waals surface area contributed by atoms with Crippen molar-refractivity contribution in [2.24, 2.45) is 0 Å². The number of nitrogens with zero attached hydrogens (tertiary/aromatic N) is 1. The Morgan fingerprint density at radius 2 is 1.79 bits per heavy atom. The molecule has 29 heavy (non-hydrogen) atoms. The monoisotopic (exact) mass is 421 g/mol. The molecule has 0 aliphatic rings. The number of hydrogen-bond donors (Lipinski definition) is 0. The zero-order chi connectivity index (χ0) is 20.6. The summed E-state index contributed by atoms with van der Waals surface area (Å²) in [5.41, 5.74) is 2.51. The van der Waals surface area contributed by atoms with Crippen LogP contribution in [0, 0.1) is 0 Å². The number of amides is 1. The van der Waals surface area contributed by atoms with Crippen LogP contribution in [0.4, 0.5) is 0 Å². The third-order valence-electron chi connectivity index (χ3n) is 4.23. The minimum absolute atomic E-state index is 0.131. The van der Waals surface area contributed by atoms with Gasteiger partial charge in [-0.3, -0.25) is 9.59 Å². The van der Waals surface area contributed by atoms with E-state index in [9.17, 15) is 9.59 Å². The fourth-order valence-electron chi connectivity index (χ4n) is 2.76. The number of rotatable bonds is 8. The maximum Gasteiger partial charge on any atom is 0.260 e. The van der Waals surface area contributed by atoms with Crippen LogP contribution in [-0.4, -0.2) is 28.8 Å². The van der Waals surface area contributed by atoms with E-state index in [1.54, 1.807) is 36.2 Å². The first-order valence-corrected chi connectivity index (χ1v) is 10.2. The molecule has 0 aliphatic carbocycles. The van der Waals surface area contributed by atoms with Crippen LogP contribution in [-0.2, 0) is 11.3 Å². The minimum Gasteiger partial charge on any atom is -0.457 e. The average Bonchev–Trinajstić information content (AvgIpc) is 3.22. The summed E-state index contributed by atoms with van der Waals surface area (Å²) in [5, 5.41) is 0. The van der Waals surface area contributed by atoms with Gasteiger partial charge in [0.15, 0.2) is 0 Å². The lowest BCUT2D eigenvalue weighted by Crippen LogP contribution is -2.26. The number of aldehydes is 1. The number of furan rings is 1. The molecule has 6 heteroatoms. The molecule has 1 amide bonds. The second-order valence-electron chi connectivity index (χ2n) is 6.31. The van der Waals surface area contributed by atoms with Crippen molar-refractivity contribution in [2.45, 2.75) is 6.54 Å². The predicted molar refractivity (Wildman–Crippen MR) is 122 cm³/mol. The van der Waals surface area contributed by atoms with E-state index in [-0.39, 0.29) is 5.91 Å². The van der Waals surface area contributed by atoms with E-state index >= 15 is 0 Å². The lowest BCUT2D eigenvalue weighted by Gasteiger charge is -2.18. The number of carbonyl (C=O) groups excluding carboxylic acids is 2. The van der Waals surface area contributed by atoms with E-state index in [4.69, 9.17) is 16.6 Å². The van der Waals surface area contributed by atoms with E-state index in [0.717, 1.165) is 17.4 Å². The molecule has 0 N–H and O–H groups in total. The van der Waals surface area contributed by atoms with Gasteiger partial charge in [0, 0.05) is 35.5 Å².